The number of ether oxygens (including phenoxy) is 1. The maximum atomic E-state index is 5.42. The molecule has 1 aromatic carbocycles. The first-order valence-corrected chi connectivity index (χ1v) is 8.23. The molecule has 0 N–H and O–H groups in total. The first kappa shape index (κ1) is 15.1. The van der Waals surface area contributed by atoms with Crippen molar-refractivity contribution < 1.29 is 4.74 Å². The van der Waals surface area contributed by atoms with Crippen LogP contribution in [0.5, 0.6) is 0 Å². The van der Waals surface area contributed by atoms with E-state index in [1.165, 1.54) is 5.56 Å². The zero-order chi connectivity index (χ0) is 16.7. The Hall–Kier alpha value is -2.47. The molecule has 4 rings (SSSR count). The van der Waals surface area contributed by atoms with Crippen LogP contribution in [0, 0.1) is 13.8 Å². The maximum Gasteiger partial charge on any atom is 0.148 e. The van der Waals surface area contributed by atoms with Gasteiger partial charge < -0.3 is 9.64 Å². The first-order chi connectivity index (χ1) is 11.6. The maximum absolute atomic E-state index is 5.42. The summed E-state index contributed by atoms with van der Waals surface area (Å²) in [7, 11) is 1.98. The number of benzene rings is 1. The van der Waals surface area contributed by atoms with Gasteiger partial charge in [-0.05, 0) is 31.5 Å². The van der Waals surface area contributed by atoms with E-state index in [-0.39, 0.29) is 0 Å². The Morgan fingerprint density at radius 3 is 2.58 bits per heavy atom. The average molecular weight is 323 g/mol. The highest BCUT2D eigenvalue weighted by molar-refractivity contribution is 5.83. The van der Waals surface area contributed by atoms with Crippen LogP contribution < -0.4 is 4.90 Å². The van der Waals surface area contributed by atoms with Gasteiger partial charge in [-0.2, -0.15) is 5.10 Å². The molecular formula is C18H21N5O. The zero-order valence-electron chi connectivity index (χ0n) is 14.3. The molecule has 3 aromatic rings. The molecule has 0 unspecified atom stereocenters. The number of aromatic nitrogens is 4. The normalized spacial score (nSPS) is 15.2. The fourth-order valence-electron chi connectivity index (χ4n) is 3.29. The Morgan fingerprint density at radius 2 is 1.88 bits per heavy atom. The Morgan fingerprint density at radius 1 is 1.08 bits per heavy atom. The van der Waals surface area contributed by atoms with Gasteiger partial charge in [-0.15, -0.1) is 0 Å². The van der Waals surface area contributed by atoms with Gasteiger partial charge in [0.05, 0.1) is 36.1 Å². The number of hydrogen-bond donors (Lipinski definition) is 0. The zero-order valence-corrected chi connectivity index (χ0v) is 14.3. The molecule has 2 aromatic heterocycles. The molecule has 0 spiro atoms. The highest BCUT2D eigenvalue weighted by Crippen LogP contribution is 2.29. The van der Waals surface area contributed by atoms with E-state index >= 15 is 0 Å². The Bertz CT molecular complexity index is 896. The van der Waals surface area contributed by atoms with E-state index in [9.17, 15) is 0 Å². The quantitative estimate of drug-likeness (QED) is 0.725. The summed E-state index contributed by atoms with van der Waals surface area (Å²) < 4.78 is 7.34. The largest absolute Gasteiger partial charge is 0.378 e. The minimum absolute atomic E-state index is 0.744. The molecule has 124 valence electrons. The van der Waals surface area contributed by atoms with Gasteiger partial charge in [0.2, 0.25) is 0 Å². The second kappa shape index (κ2) is 5.87. The van der Waals surface area contributed by atoms with Gasteiger partial charge in [-0.1, -0.05) is 6.07 Å². The summed E-state index contributed by atoms with van der Waals surface area (Å²) in [4.78, 5) is 11.6. The Balaban J connectivity index is 1.78. The molecule has 3 heterocycles. The number of anilines is 1. The molecule has 0 aliphatic carbocycles. The van der Waals surface area contributed by atoms with Gasteiger partial charge in [0.1, 0.15) is 5.82 Å². The second-order valence-electron chi connectivity index (χ2n) is 6.20. The van der Waals surface area contributed by atoms with Crippen molar-refractivity contribution in [3.05, 3.63) is 35.8 Å². The average Bonchev–Trinajstić information content (AvgIpc) is 2.87. The van der Waals surface area contributed by atoms with E-state index in [1.807, 2.05) is 30.9 Å². The summed E-state index contributed by atoms with van der Waals surface area (Å²) in [5, 5.41) is 4.52. The van der Waals surface area contributed by atoms with Crippen LogP contribution >= 0.6 is 0 Å². The van der Waals surface area contributed by atoms with Gasteiger partial charge in [0.25, 0.3) is 0 Å². The number of aryl methyl sites for hydroxylation is 2. The van der Waals surface area contributed by atoms with E-state index < -0.39 is 0 Å². The van der Waals surface area contributed by atoms with Gasteiger partial charge in [0, 0.05) is 31.4 Å². The Kier molecular flexibility index (Phi) is 3.69. The third-order valence-electron chi connectivity index (χ3n) is 4.66. The van der Waals surface area contributed by atoms with Crippen molar-refractivity contribution in [3.63, 3.8) is 0 Å². The number of fused-ring (bicyclic) bond motifs is 1. The summed E-state index contributed by atoms with van der Waals surface area (Å²) in [6, 6.07) is 6.25. The van der Waals surface area contributed by atoms with Crippen LogP contribution in [0.1, 0.15) is 11.4 Å². The van der Waals surface area contributed by atoms with E-state index in [4.69, 9.17) is 9.72 Å². The lowest BCUT2D eigenvalue weighted by Crippen LogP contribution is -2.36. The molecule has 0 saturated carbocycles. The van der Waals surface area contributed by atoms with Crippen LogP contribution in [0.2, 0.25) is 0 Å². The molecule has 6 nitrogen and oxygen atoms in total. The third-order valence-corrected chi connectivity index (χ3v) is 4.66. The van der Waals surface area contributed by atoms with Gasteiger partial charge in [-0.25, -0.2) is 4.98 Å². The van der Waals surface area contributed by atoms with Crippen molar-refractivity contribution in [1.82, 2.24) is 19.7 Å². The standard InChI is InChI=1S/C18H21N5O/c1-12-18(13(2)22(3)21-12)14-4-5-15-16(10-14)20-17(11-19-15)23-6-8-24-9-7-23/h4-5,10-11H,6-9H2,1-3H3. The second-order valence-corrected chi connectivity index (χ2v) is 6.20. The highest BCUT2D eigenvalue weighted by atomic mass is 16.5. The lowest BCUT2D eigenvalue weighted by molar-refractivity contribution is 0.122. The molecular weight excluding hydrogens is 302 g/mol. The van der Waals surface area contributed by atoms with Crippen molar-refractivity contribution in [2.45, 2.75) is 13.8 Å². The lowest BCUT2D eigenvalue weighted by Gasteiger charge is -2.27. The summed E-state index contributed by atoms with van der Waals surface area (Å²) in [6.07, 6.45) is 1.86. The third kappa shape index (κ3) is 2.53. The fraction of sp³-hybridized carbons (Fsp3) is 0.389. The van der Waals surface area contributed by atoms with E-state index in [2.05, 4.69) is 34.0 Å². The SMILES string of the molecule is Cc1nn(C)c(C)c1-c1ccc2ncc(N3CCOCC3)nc2c1. The molecule has 24 heavy (non-hydrogen) atoms. The molecule has 1 aliphatic heterocycles. The Labute approximate surface area is 141 Å². The topological polar surface area (TPSA) is 56.1 Å². The van der Waals surface area contributed by atoms with Crippen LogP contribution in [-0.2, 0) is 11.8 Å². The summed E-state index contributed by atoms with van der Waals surface area (Å²) >= 11 is 0. The minimum Gasteiger partial charge on any atom is -0.378 e. The van der Waals surface area contributed by atoms with Crippen LogP contribution in [0.15, 0.2) is 24.4 Å². The molecule has 1 saturated heterocycles. The van der Waals surface area contributed by atoms with Crippen molar-refractivity contribution in [1.29, 1.82) is 0 Å². The lowest BCUT2D eigenvalue weighted by atomic mass is 10.0. The van der Waals surface area contributed by atoms with Crippen LogP contribution in [0.3, 0.4) is 0 Å². The van der Waals surface area contributed by atoms with Gasteiger partial charge in [-0.3, -0.25) is 9.67 Å². The summed E-state index contributed by atoms with van der Waals surface area (Å²) in [6.45, 7) is 7.35. The van der Waals surface area contributed by atoms with E-state index in [0.717, 1.165) is 60.1 Å². The fourth-order valence-corrected chi connectivity index (χ4v) is 3.29. The van der Waals surface area contributed by atoms with Gasteiger partial charge >= 0.3 is 0 Å². The van der Waals surface area contributed by atoms with Crippen molar-refractivity contribution in [2.24, 2.45) is 7.05 Å². The number of rotatable bonds is 2. The predicted octanol–water partition coefficient (Wildman–Crippen LogP) is 2.48. The van der Waals surface area contributed by atoms with Crippen LogP contribution in [0.25, 0.3) is 22.2 Å². The molecule has 0 bridgehead atoms. The number of nitrogens with zero attached hydrogens (tertiary/aromatic N) is 5. The summed E-state index contributed by atoms with van der Waals surface area (Å²) in [5.74, 6) is 0.919. The smallest absolute Gasteiger partial charge is 0.148 e. The molecule has 0 amide bonds. The van der Waals surface area contributed by atoms with E-state index in [1.54, 1.807) is 0 Å². The van der Waals surface area contributed by atoms with Crippen molar-refractivity contribution in [2.75, 3.05) is 31.2 Å². The number of morpholine rings is 1. The van der Waals surface area contributed by atoms with Crippen molar-refractivity contribution in [3.8, 4) is 11.1 Å². The molecule has 1 fully saturated rings. The number of hydrogen-bond acceptors (Lipinski definition) is 5. The monoisotopic (exact) mass is 323 g/mol. The first-order valence-electron chi connectivity index (χ1n) is 8.23. The van der Waals surface area contributed by atoms with E-state index in [0.29, 0.717) is 0 Å². The molecule has 0 radical (unpaired) electrons. The molecule has 6 heteroatoms. The molecule has 1 aliphatic rings. The minimum atomic E-state index is 0.744. The van der Waals surface area contributed by atoms with Crippen LogP contribution in [0.4, 0.5) is 5.82 Å². The highest BCUT2D eigenvalue weighted by Gasteiger charge is 2.15. The van der Waals surface area contributed by atoms with Crippen LogP contribution in [-0.4, -0.2) is 46.1 Å². The summed E-state index contributed by atoms with van der Waals surface area (Å²) in [5.41, 5.74) is 6.34. The molecule has 0 atom stereocenters. The van der Waals surface area contributed by atoms with Gasteiger partial charge in [0.15, 0.2) is 0 Å². The van der Waals surface area contributed by atoms with Crippen molar-refractivity contribution >= 4 is 16.9 Å². The predicted molar refractivity (Wildman–Crippen MR) is 94.2 cm³/mol.